The van der Waals surface area contributed by atoms with Gasteiger partial charge in [-0.1, -0.05) is 47.5 Å². The van der Waals surface area contributed by atoms with Crippen molar-refractivity contribution in [3.63, 3.8) is 0 Å². The fraction of sp³-hybridized carbons (Fsp3) is 0.211. The van der Waals surface area contributed by atoms with E-state index in [2.05, 4.69) is 10.6 Å². The van der Waals surface area contributed by atoms with Crippen LogP contribution in [0.2, 0.25) is 10.0 Å². The standard InChI is InChI=1S/C19H18Cl2N2O3/c20-15-6-4-13(5-7-15)11-22-19(26)12-23-18(25)9-8-17(24)14-2-1-3-16(21)10-14/h1-7,10H,8-9,11-12H2,(H,22,26)(H,23,25). The Morgan fingerprint density at radius 2 is 1.54 bits per heavy atom. The van der Waals surface area contributed by atoms with E-state index in [4.69, 9.17) is 23.2 Å². The first-order valence-electron chi connectivity index (χ1n) is 8.00. The van der Waals surface area contributed by atoms with Gasteiger partial charge in [0.25, 0.3) is 0 Å². The van der Waals surface area contributed by atoms with Crippen LogP contribution in [0.25, 0.3) is 0 Å². The lowest BCUT2D eigenvalue weighted by molar-refractivity contribution is -0.126. The van der Waals surface area contributed by atoms with Crippen LogP contribution in [-0.2, 0) is 16.1 Å². The van der Waals surface area contributed by atoms with Gasteiger partial charge < -0.3 is 10.6 Å². The van der Waals surface area contributed by atoms with E-state index in [0.717, 1.165) is 5.56 Å². The fourth-order valence-electron chi connectivity index (χ4n) is 2.17. The van der Waals surface area contributed by atoms with Crippen LogP contribution in [0.5, 0.6) is 0 Å². The Kier molecular flexibility index (Phi) is 7.63. The highest BCUT2D eigenvalue weighted by atomic mass is 35.5. The van der Waals surface area contributed by atoms with E-state index in [9.17, 15) is 14.4 Å². The molecule has 0 spiro atoms. The van der Waals surface area contributed by atoms with E-state index in [0.29, 0.717) is 22.2 Å². The van der Waals surface area contributed by atoms with Crippen LogP contribution in [0.1, 0.15) is 28.8 Å². The molecule has 0 heterocycles. The Morgan fingerprint density at radius 1 is 0.808 bits per heavy atom. The lowest BCUT2D eigenvalue weighted by Crippen LogP contribution is -2.36. The largest absolute Gasteiger partial charge is 0.350 e. The summed E-state index contributed by atoms with van der Waals surface area (Å²) in [4.78, 5) is 35.5. The number of rotatable bonds is 8. The van der Waals surface area contributed by atoms with E-state index in [1.165, 1.54) is 0 Å². The zero-order chi connectivity index (χ0) is 18.9. The van der Waals surface area contributed by atoms with Crippen LogP contribution in [0.3, 0.4) is 0 Å². The molecule has 0 aromatic heterocycles. The van der Waals surface area contributed by atoms with Gasteiger partial charge in [0.05, 0.1) is 6.54 Å². The van der Waals surface area contributed by atoms with Gasteiger partial charge in [-0.3, -0.25) is 14.4 Å². The topological polar surface area (TPSA) is 75.3 Å². The van der Waals surface area contributed by atoms with E-state index >= 15 is 0 Å². The minimum absolute atomic E-state index is 0.00973. The Morgan fingerprint density at radius 3 is 2.23 bits per heavy atom. The summed E-state index contributed by atoms with van der Waals surface area (Å²) < 4.78 is 0. The number of carbonyl (C=O) groups excluding carboxylic acids is 3. The lowest BCUT2D eigenvalue weighted by atomic mass is 10.1. The van der Waals surface area contributed by atoms with E-state index in [-0.39, 0.29) is 37.0 Å². The van der Waals surface area contributed by atoms with Crippen molar-refractivity contribution in [1.82, 2.24) is 10.6 Å². The minimum atomic E-state index is -0.359. The van der Waals surface area contributed by atoms with Crippen molar-refractivity contribution < 1.29 is 14.4 Å². The molecule has 2 aromatic rings. The highest BCUT2D eigenvalue weighted by Crippen LogP contribution is 2.13. The second-order valence-electron chi connectivity index (χ2n) is 5.61. The van der Waals surface area contributed by atoms with Gasteiger partial charge in [0.2, 0.25) is 11.8 Å². The molecule has 0 aliphatic rings. The highest BCUT2D eigenvalue weighted by Gasteiger charge is 2.11. The molecule has 2 amide bonds. The summed E-state index contributed by atoms with van der Waals surface area (Å²) in [5.74, 6) is -0.841. The predicted molar refractivity (Wildman–Crippen MR) is 101 cm³/mol. The van der Waals surface area contributed by atoms with E-state index in [1.807, 2.05) is 12.1 Å². The van der Waals surface area contributed by atoms with Crippen molar-refractivity contribution in [3.8, 4) is 0 Å². The second kappa shape index (κ2) is 9.94. The average molecular weight is 393 g/mol. The molecule has 5 nitrogen and oxygen atoms in total. The van der Waals surface area contributed by atoms with Crippen LogP contribution in [0, 0.1) is 0 Å². The molecule has 0 aliphatic carbocycles. The van der Waals surface area contributed by atoms with Gasteiger partial charge in [-0.05, 0) is 29.8 Å². The number of halogens is 2. The zero-order valence-corrected chi connectivity index (χ0v) is 15.4. The first-order valence-corrected chi connectivity index (χ1v) is 8.76. The molecule has 2 N–H and O–H groups in total. The maximum Gasteiger partial charge on any atom is 0.239 e. The van der Waals surface area contributed by atoms with Crippen LogP contribution in [-0.4, -0.2) is 24.1 Å². The smallest absolute Gasteiger partial charge is 0.239 e. The maximum absolute atomic E-state index is 12.0. The molecule has 0 aliphatic heterocycles. The molecule has 0 atom stereocenters. The van der Waals surface area contributed by atoms with Gasteiger partial charge in [0, 0.05) is 35.0 Å². The highest BCUT2D eigenvalue weighted by molar-refractivity contribution is 6.31. The van der Waals surface area contributed by atoms with Gasteiger partial charge in [0.1, 0.15) is 0 Å². The Bertz CT molecular complexity index is 792. The lowest BCUT2D eigenvalue weighted by Gasteiger charge is -2.07. The Labute approximate surface area is 161 Å². The molecule has 0 radical (unpaired) electrons. The number of ketones is 1. The van der Waals surface area contributed by atoms with Crippen molar-refractivity contribution in [1.29, 1.82) is 0 Å². The summed E-state index contributed by atoms with van der Waals surface area (Å²) in [6.45, 7) is 0.205. The first kappa shape index (κ1) is 19.9. The molecule has 0 unspecified atom stereocenters. The zero-order valence-electron chi connectivity index (χ0n) is 13.9. The Balaban J connectivity index is 1.67. The summed E-state index contributed by atoms with van der Waals surface area (Å²) in [7, 11) is 0. The third-order valence-corrected chi connectivity index (χ3v) is 4.06. The molecule has 136 valence electrons. The number of carbonyl (C=O) groups is 3. The van der Waals surface area contributed by atoms with Crippen molar-refractivity contribution in [3.05, 3.63) is 69.7 Å². The molecule has 0 fully saturated rings. The van der Waals surface area contributed by atoms with Crippen molar-refractivity contribution in [2.75, 3.05) is 6.54 Å². The normalized spacial score (nSPS) is 10.2. The van der Waals surface area contributed by atoms with Crippen molar-refractivity contribution >= 4 is 40.8 Å². The fourth-order valence-corrected chi connectivity index (χ4v) is 2.48. The number of Topliss-reactive ketones (excluding diaryl/α,β-unsaturated/α-hetero) is 1. The molecule has 0 saturated carbocycles. The summed E-state index contributed by atoms with van der Waals surface area (Å²) in [6.07, 6.45) is 0.0639. The molecular formula is C19H18Cl2N2O3. The van der Waals surface area contributed by atoms with Crippen molar-refractivity contribution in [2.45, 2.75) is 19.4 Å². The molecule has 2 rings (SSSR count). The molecule has 26 heavy (non-hydrogen) atoms. The first-order chi connectivity index (χ1) is 12.4. The Hall–Kier alpha value is -2.37. The van der Waals surface area contributed by atoms with E-state index < -0.39 is 0 Å². The molecule has 0 bridgehead atoms. The summed E-state index contributed by atoms with van der Waals surface area (Å²) >= 11 is 11.6. The molecule has 7 heteroatoms. The molecular weight excluding hydrogens is 375 g/mol. The van der Waals surface area contributed by atoms with Gasteiger partial charge in [-0.25, -0.2) is 0 Å². The summed E-state index contributed by atoms with van der Waals surface area (Å²) in [6, 6.07) is 13.7. The van der Waals surface area contributed by atoms with Crippen molar-refractivity contribution in [2.24, 2.45) is 0 Å². The molecule has 2 aromatic carbocycles. The van der Waals surface area contributed by atoms with Gasteiger partial charge in [0.15, 0.2) is 5.78 Å². The third-order valence-electron chi connectivity index (χ3n) is 3.57. The van der Waals surface area contributed by atoms with Gasteiger partial charge in [-0.2, -0.15) is 0 Å². The van der Waals surface area contributed by atoms with Gasteiger partial charge in [-0.15, -0.1) is 0 Å². The summed E-state index contributed by atoms with van der Waals surface area (Å²) in [5.41, 5.74) is 1.37. The number of benzene rings is 2. The van der Waals surface area contributed by atoms with Crippen LogP contribution < -0.4 is 10.6 Å². The monoisotopic (exact) mass is 392 g/mol. The average Bonchev–Trinajstić information content (AvgIpc) is 2.64. The number of amides is 2. The third kappa shape index (κ3) is 6.86. The van der Waals surface area contributed by atoms with Crippen LogP contribution >= 0.6 is 23.2 Å². The number of nitrogens with one attached hydrogen (secondary N) is 2. The van der Waals surface area contributed by atoms with Gasteiger partial charge >= 0.3 is 0 Å². The predicted octanol–water partition coefficient (Wildman–Crippen LogP) is 3.39. The number of hydrogen-bond donors (Lipinski definition) is 2. The SMILES string of the molecule is O=C(CCC(=O)c1cccc(Cl)c1)NCC(=O)NCc1ccc(Cl)cc1. The second-order valence-corrected chi connectivity index (χ2v) is 6.49. The molecule has 0 saturated heterocycles. The quantitative estimate of drug-likeness (QED) is 0.676. The number of hydrogen-bond acceptors (Lipinski definition) is 3. The van der Waals surface area contributed by atoms with E-state index in [1.54, 1.807) is 36.4 Å². The maximum atomic E-state index is 12.0. The minimum Gasteiger partial charge on any atom is -0.350 e. The summed E-state index contributed by atoms with van der Waals surface area (Å²) in [5, 5.41) is 6.28. The van der Waals surface area contributed by atoms with Crippen LogP contribution in [0.4, 0.5) is 0 Å². The van der Waals surface area contributed by atoms with Crippen LogP contribution in [0.15, 0.2) is 48.5 Å².